The maximum atomic E-state index is 5.00. The standard InChI is InChI=1S/C2H9N3.2C2H8N2/c3-1-2-5-4;2*3-1-2-4/h5H,1-4H2;2*1-4H2. The molecule has 0 amide bonds. The molecule has 0 saturated carbocycles. The van der Waals surface area contributed by atoms with Crippen LogP contribution in [-0.4, -0.2) is 39.3 Å². The quantitative estimate of drug-likeness (QED) is 0.178. The van der Waals surface area contributed by atoms with E-state index in [1.165, 1.54) is 0 Å². The van der Waals surface area contributed by atoms with Gasteiger partial charge in [0, 0.05) is 39.3 Å². The Morgan fingerprint density at radius 3 is 0.923 bits per heavy atom. The monoisotopic (exact) mass is 195 g/mol. The van der Waals surface area contributed by atoms with E-state index in [0.717, 1.165) is 0 Å². The first-order valence-corrected chi connectivity index (χ1v) is 4.18. The molecule has 13 N–H and O–H groups in total. The fourth-order valence-corrected chi connectivity index (χ4v) is 0.0833. The summed E-state index contributed by atoms with van der Waals surface area (Å²) in [5, 5.41) is 0. The van der Waals surface area contributed by atoms with Crippen molar-refractivity contribution in [3.63, 3.8) is 0 Å². The van der Waals surface area contributed by atoms with E-state index in [1.54, 1.807) is 0 Å². The number of hydrazine groups is 1. The van der Waals surface area contributed by atoms with Gasteiger partial charge in [-0.15, -0.1) is 0 Å². The Bertz CT molecular complexity index is 42.2. The molecule has 0 unspecified atom stereocenters. The third-order valence-corrected chi connectivity index (χ3v) is 0.622. The zero-order valence-corrected chi connectivity index (χ0v) is 8.21. The first kappa shape index (κ1) is 18.5. The molecule has 0 aromatic carbocycles. The van der Waals surface area contributed by atoms with E-state index < -0.39 is 0 Å². The molecule has 0 aromatic heterocycles. The molecule has 0 spiro atoms. The van der Waals surface area contributed by atoms with Crippen molar-refractivity contribution in [2.24, 2.45) is 34.5 Å². The van der Waals surface area contributed by atoms with Gasteiger partial charge in [-0.05, 0) is 0 Å². The maximum Gasteiger partial charge on any atom is 0.0220 e. The van der Waals surface area contributed by atoms with E-state index >= 15 is 0 Å². The molecular weight excluding hydrogens is 170 g/mol. The number of hydrogen-bond acceptors (Lipinski definition) is 7. The first-order valence-electron chi connectivity index (χ1n) is 4.18. The van der Waals surface area contributed by atoms with Crippen molar-refractivity contribution in [3.8, 4) is 0 Å². The first-order chi connectivity index (χ1) is 6.24. The molecule has 0 aliphatic carbocycles. The Balaban J connectivity index is -0.000000117. The molecule has 0 saturated heterocycles. The Kier molecular flexibility index (Phi) is 42.4. The number of rotatable bonds is 4. The van der Waals surface area contributed by atoms with Crippen molar-refractivity contribution >= 4 is 0 Å². The zero-order chi connectivity index (χ0) is 10.9. The molecule has 7 heteroatoms. The van der Waals surface area contributed by atoms with Crippen LogP contribution < -0.4 is 39.9 Å². The Hall–Kier alpha value is -0.280. The van der Waals surface area contributed by atoms with Gasteiger partial charge in [-0.1, -0.05) is 0 Å². The number of nitrogens with one attached hydrogen (secondary N) is 1. The molecule has 0 atom stereocenters. The SMILES string of the molecule is NCCN.NCCN.NCCNN. The third kappa shape index (κ3) is 80.0. The zero-order valence-electron chi connectivity index (χ0n) is 8.21. The topological polar surface area (TPSA) is 168 Å². The highest BCUT2D eigenvalue weighted by Crippen LogP contribution is 1.33. The summed E-state index contributed by atoms with van der Waals surface area (Å²) in [4.78, 5) is 0. The Morgan fingerprint density at radius 1 is 0.615 bits per heavy atom. The highest BCUT2D eigenvalue weighted by atomic mass is 15.2. The van der Waals surface area contributed by atoms with E-state index in [-0.39, 0.29) is 0 Å². The lowest BCUT2D eigenvalue weighted by Gasteiger charge is -1.85. The summed E-state index contributed by atoms with van der Waals surface area (Å²) in [5.41, 5.74) is 27.0. The van der Waals surface area contributed by atoms with Crippen LogP contribution in [0.5, 0.6) is 0 Å². The van der Waals surface area contributed by atoms with Gasteiger partial charge in [0.05, 0.1) is 0 Å². The van der Waals surface area contributed by atoms with Crippen molar-refractivity contribution in [1.82, 2.24) is 5.43 Å². The molecule has 7 nitrogen and oxygen atoms in total. The van der Waals surface area contributed by atoms with Crippen molar-refractivity contribution in [2.45, 2.75) is 0 Å². The van der Waals surface area contributed by atoms with Crippen molar-refractivity contribution < 1.29 is 0 Å². The minimum Gasteiger partial charge on any atom is -0.329 e. The molecule has 0 aromatic rings. The summed E-state index contributed by atoms with van der Waals surface area (Å²) < 4.78 is 0. The van der Waals surface area contributed by atoms with Gasteiger partial charge in [-0.25, -0.2) is 0 Å². The lowest BCUT2D eigenvalue weighted by atomic mass is 10.7. The van der Waals surface area contributed by atoms with Crippen LogP contribution in [0.3, 0.4) is 0 Å². The summed E-state index contributed by atoms with van der Waals surface area (Å²) in [7, 11) is 0. The average molecular weight is 195 g/mol. The second-order valence-electron chi connectivity index (χ2n) is 1.90. The van der Waals surface area contributed by atoms with E-state index in [0.29, 0.717) is 39.3 Å². The van der Waals surface area contributed by atoms with Crippen LogP contribution in [0.15, 0.2) is 0 Å². The van der Waals surface area contributed by atoms with Gasteiger partial charge in [-0.3, -0.25) is 11.3 Å². The molecule has 84 valence electrons. The number of nitrogens with two attached hydrogens (primary N) is 6. The maximum absolute atomic E-state index is 5.00. The van der Waals surface area contributed by atoms with Gasteiger partial charge < -0.3 is 28.7 Å². The summed E-state index contributed by atoms with van der Waals surface area (Å²) in [5.74, 6) is 4.81. The molecule has 0 heterocycles. The number of hydrogen-bond donors (Lipinski definition) is 7. The van der Waals surface area contributed by atoms with Gasteiger partial charge in [-0.2, -0.15) is 0 Å². The minimum absolute atomic E-state index is 0.597. The molecule has 0 bridgehead atoms. The van der Waals surface area contributed by atoms with Crippen LogP contribution in [0.2, 0.25) is 0 Å². The van der Waals surface area contributed by atoms with Crippen LogP contribution in [0.25, 0.3) is 0 Å². The van der Waals surface area contributed by atoms with Crippen LogP contribution >= 0.6 is 0 Å². The molecule has 0 aliphatic rings. The van der Waals surface area contributed by atoms with Crippen LogP contribution in [0.1, 0.15) is 0 Å². The van der Waals surface area contributed by atoms with E-state index in [2.05, 4.69) is 5.43 Å². The lowest BCUT2D eigenvalue weighted by Crippen LogP contribution is -2.28. The van der Waals surface area contributed by atoms with Crippen LogP contribution in [0, 0.1) is 0 Å². The lowest BCUT2D eigenvalue weighted by molar-refractivity contribution is 0.738. The van der Waals surface area contributed by atoms with Gasteiger partial charge in [0.1, 0.15) is 0 Å². The third-order valence-electron chi connectivity index (χ3n) is 0.622. The van der Waals surface area contributed by atoms with Crippen molar-refractivity contribution in [1.29, 1.82) is 0 Å². The van der Waals surface area contributed by atoms with Gasteiger partial charge >= 0.3 is 0 Å². The Labute approximate surface area is 80.1 Å². The van der Waals surface area contributed by atoms with E-state index in [4.69, 9.17) is 34.5 Å². The molecular formula is C6H25N7. The van der Waals surface area contributed by atoms with E-state index in [9.17, 15) is 0 Å². The smallest absolute Gasteiger partial charge is 0.0220 e. The fraction of sp³-hybridized carbons (Fsp3) is 1.00. The van der Waals surface area contributed by atoms with Crippen molar-refractivity contribution in [3.05, 3.63) is 0 Å². The second kappa shape index (κ2) is 29.8. The van der Waals surface area contributed by atoms with Crippen LogP contribution in [-0.2, 0) is 0 Å². The highest BCUT2D eigenvalue weighted by molar-refractivity contribution is 4.31. The predicted octanol–water partition coefficient (Wildman–Crippen LogP) is -3.78. The molecule has 0 radical (unpaired) electrons. The Morgan fingerprint density at radius 2 is 0.923 bits per heavy atom. The molecule has 0 fully saturated rings. The van der Waals surface area contributed by atoms with Crippen molar-refractivity contribution in [2.75, 3.05) is 39.3 Å². The van der Waals surface area contributed by atoms with Crippen LogP contribution in [0.4, 0.5) is 0 Å². The molecule has 13 heavy (non-hydrogen) atoms. The van der Waals surface area contributed by atoms with Gasteiger partial charge in [0.2, 0.25) is 0 Å². The largest absolute Gasteiger partial charge is 0.329 e. The summed E-state index contributed by atoms with van der Waals surface area (Å²) >= 11 is 0. The predicted molar refractivity (Wildman–Crippen MR) is 57.5 cm³/mol. The molecule has 0 aliphatic heterocycles. The fourth-order valence-electron chi connectivity index (χ4n) is 0.0833. The summed E-state index contributed by atoms with van der Waals surface area (Å²) in [6.07, 6.45) is 0. The van der Waals surface area contributed by atoms with Gasteiger partial charge in [0.25, 0.3) is 0 Å². The minimum atomic E-state index is 0.597. The molecule has 0 rings (SSSR count). The second-order valence-corrected chi connectivity index (χ2v) is 1.90. The summed E-state index contributed by atoms with van der Waals surface area (Å²) in [6, 6.07) is 0. The summed E-state index contributed by atoms with van der Waals surface area (Å²) in [6.45, 7) is 3.69. The van der Waals surface area contributed by atoms with Gasteiger partial charge in [0.15, 0.2) is 0 Å². The highest BCUT2D eigenvalue weighted by Gasteiger charge is 1.64. The van der Waals surface area contributed by atoms with E-state index in [1.807, 2.05) is 0 Å². The normalized spacial score (nSPS) is 7.85. The average Bonchev–Trinajstić information content (AvgIpc) is 2.20.